The van der Waals surface area contributed by atoms with Crippen LogP contribution in [0.1, 0.15) is 6.42 Å². The van der Waals surface area contributed by atoms with Gasteiger partial charge < -0.3 is 10.6 Å². The van der Waals surface area contributed by atoms with Crippen LogP contribution in [0.15, 0.2) is 54.6 Å². The van der Waals surface area contributed by atoms with Crippen molar-refractivity contribution in [1.82, 2.24) is 0 Å². The van der Waals surface area contributed by atoms with Gasteiger partial charge >= 0.3 is 6.03 Å². The number of hydrogen-bond donors (Lipinski definition) is 2. The van der Waals surface area contributed by atoms with Gasteiger partial charge in [0.15, 0.2) is 0 Å². The second kappa shape index (κ2) is 6.29. The van der Waals surface area contributed by atoms with Crippen LogP contribution in [0.25, 0.3) is 0 Å². The normalized spacial score (nSPS) is 16.1. The first-order chi connectivity index (χ1) is 11.0. The van der Waals surface area contributed by atoms with E-state index in [1.165, 1.54) is 4.31 Å². The van der Waals surface area contributed by atoms with Crippen LogP contribution >= 0.6 is 0 Å². The molecule has 2 aromatic carbocycles. The van der Waals surface area contributed by atoms with Gasteiger partial charge in [0.1, 0.15) is 0 Å². The highest BCUT2D eigenvalue weighted by Gasteiger charge is 2.28. The Hall–Kier alpha value is -2.54. The average Bonchev–Trinajstić information content (AvgIpc) is 2.88. The van der Waals surface area contributed by atoms with Crippen molar-refractivity contribution in [1.29, 1.82) is 0 Å². The fourth-order valence-electron chi connectivity index (χ4n) is 2.46. The quantitative estimate of drug-likeness (QED) is 0.908. The van der Waals surface area contributed by atoms with Gasteiger partial charge in [0.05, 0.1) is 11.4 Å². The second-order valence-corrected chi connectivity index (χ2v) is 7.25. The second-order valence-electron chi connectivity index (χ2n) is 5.23. The Labute approximate surface area is 135 Å². The lowest BCUT2D eigenvalue weighted by Gasteiger charge is -2.17. The number of nitrogens with zero attached hydrogens (tertiary/aromatic N) is 1. The van der Waals surface area contributed by atoms with Crippen LogP contribution in [0.2, 0.25) is 0 Å². The molecule has 2 aromatic rings. The number of benzene rings is 2. The molecule has 0 aliphatic carbocycles. The molecule has 1 saturated heterocycles. The van der Waals surface area contributed by atoms with E-state index in [4.69, 9.17) is 0 Å². The van der Waals surface area contributed by atoms with Crippen LogP contribution in [0.5, 0.6) is 0 Å². The Morgan fingerprint density at radius 3 is 2.09 bits per heavy atom. The number of urea groups is 1. The number of anilines is 3. The number of nitrogens with one attached hydrogen (secondary N) is 2. The molecule has 1 fully saturated rings. The number of rotatable bonds is 3. The summed E-state index contributed by atoms with van der Waals surface area (Å²) in [4.78, 5) is 11.9. The fraction of sp³-hybridized carbons (Fsp3) is 0.188. The Morgan fingerprint density at radius 1 is 0.913 bits per heavy atom. The summed E-state index contributed by atoms with van der Waals surface area (Å²) < 4.78 is 25.2. The molecule has 7 heteroatoms. The predicted octanol–water partition coefficient (Wildman–Crippen LogP) is 2.87. The van der Waals surface area contributed by atoms with Crippen molar-refractivity contribution in [3.05, 3.63) is 54.6 Å². The van der Waals surface area contributed by atoms with Crippen LogP contribution in [-0.2, 0) is 10.0 Å². The van der Waals surface area contributed by atoms with E-state index < -0.39 is 10.0 Å². The van der Waals surface area contributed by atoms with E-state index in [0.717, 1.165) is 0 Å². The summed E-state index contributed by atoms with van der Waals surface area (Å²) in [6.07, 6.45) is 0.641. The molecule has 0 aromatic heterocycles. The lowest BCUT2D eigenvalue weighted by atomic mass is 10.2. The van der Waals surface area contributed by atoms with E-state index in [0.29, 0.717) is 30.0 Å². The standard InChI is InChI=1S/C16H17N3O3S/c20-16(17-13-5-2-1-3-6-13)18-14-7-9-15(10-8-14)19-11-4-12-23(19,21)22/h1-3,5-10H,4,11-12H2,(H2,17,18,20). The molecule has 0 atom stereocenters. The topological polar surface area (TPSA) is 78.5 Å². The number of carbonyl (C=O) groups is 1. The van der Waals surface area contributed by atoms with Crippen LogP contribution in [0, 0.1) is 0 Å². The van der Waals surface area contributed by atoms with E-state index in [1.54, 1.807) is 36.4 Å². The molecule has 0 bridgehead atoms. The molecule has 0 radical (unpaired) electrons. The van der Waals surface area contributed by atoms with E-state index in [1.807, 2.05) is 18.2 Å². The minimum atomic E-state index is -3.18. The maximum atomic E-state index is 11.9. The summed E-state index contributed by atoms with van der Waals surface area (Å²) in [5, 5.41) is 5.43. The van der Waals surface area contributed by atoms with Gasteiger partial charge in [-0.25, -0.2) is 13.2 Å². The highest BCUT2D eigenvalue weighted by Crippen LogP contribution is 2.25. The largest absolute Gasteiger partial charge is 0.323 e. The van der Waals surface area contributed by atoms with Gasteiger partial charge in [-0.3, -0.25) is 4.31 Å². The molecular weight excluding hydrogens is 314 g/mol. The van der Waals surface area contributed by atoms with Gasteiger partial charge in [0.2, 0.25) is 10.0 Å². The molecule has 2 amide bonds. The van der Waals surface area contributed by atoms with Gasteiger partial charge in [-0.05, 0) is 42.8 Å². The van der Waals surface area contributed by atoms with Crippen LogP contribution in [0.4, 0.5) is 21.9 Å². The fourth-order valence-corrected chi connectivity index (χ4v) is 4.02. The number of para-hydroxylation sites is 1. The lowest BCUT2D eigenvalue weighted by Crippen LogP contribution is -2.25. The van der Waals surface area contributed by atoms with Crippen molar-refractivity contribution < 1.29 is 13.2 Å². The van der Waals surface area contributed by atoms with Crippen molar-refractivity contribution in [3.63, 3.8) is 0 Å². The van der Waals surface area contributed by atoms with Crippen molar-refractivity contribution >= 4 is 33.1 Å². The smallest absolute Gasteiger partial charge is 0.308 e. The molecule has 0 unspecified atom stereocenters. The average molecular weight is 331 g/mol. The summed E-state index contributed by atoms with van der Waals surface area (Å²) in [6.45, 7) is 0.504. The third kappa shape index (κ3) is 3.62. The highest BCUT2D eigenvalue weighted by atomic mass is 32.2. The van der Waals surface area contributed by atoms with E-state index in [-0.39, 0.29) is 11.8 Å². The first-order valence-electron chi connectivity index (χ1n) is 7.28. The highest BCUT2D eigenvalue weighted by molar-refractivity contribution is 7.93. The zero-order valence-electron chi connectivity index (χ0n) is 12.4. The minimum absolute atomic E-state index is 0.187. The molecule has 1 aliphatic rings. The Kier molecular flexibility index (Phi) is 4.20. The predicted molar refractivity (Wildman–Crippen MR) is 91.3 cm³/mol. The van der Waals surface area contributed by atoms with E-state index in [2.05, 4.69) is 10.6 Å². The van der Waals surface area contributed by atoms with Crippen LogP contribution in [-0.4, -0.2) is 26.7 Å². The SMILES string of the molecule is O=C(Nc1ccccc1)Nc1ccc(N2CCCS2(=O)=O)cc1. The van der Waals surface area contributed by atoms with Gasteiger partial charge in [-0.2, -0.15) is 0 Å². The van der Waals surface area contributed by atoms with Crippen LogP contribution in [0.3, 0.4) is 0 Å². The monoisotopic (exact) mass is 331 g/mol. The third-order valence-electron chi connectivity index (χ3n) is 3.54. The van der Waals surface area contributed by atoms with Crippen LogP contribution < -0.4 is 14.9 Å². The van der Waals surface area contributed by atoms with E-state index >= 15 is 0 Å². The minimum Gasteiger partial charge on any atom is -0.308 e. The van der Waals surface area contributed by atoms with Crippen molar-refractivity contribution in [3.8, 4) is 0 Å². The number of sulfonamides is 1. The van der Waals surface area contributed by atoms with Crippen molar-refractivity contribution in [2.45, 2.75) is 6.42 Å². The third-order valence-corrected chi connectivity index (χ3v) is 5.41. The molecule has 1 aliphatic heterocycles. The Bertz CT molecular complexity index is 789. The summed E-state index contributed by atoms with van der Waals surface area (Å²) in [6, 6.07) is 15.5. The molecule has 0 spiro atoms. The van der Waals surface area contributed by atoms with Gasteiger partial charge in [-0.15, -0.1) is 0 Å². The van der Waals surface area contributed by atoms with Gasteiger partial charge in [0, 0.05) is 17.9 Å². The van der Waals surface area contributed by atoms with Crippen molar-refractivity contribution in [2.24, 2.45) is 0 Å². The molecule has 1 heterocycles. The summed E-state index contributed by atoms with van der Waals surface area (Å²) in [5.74, 6) is 0.187. The first kappa shape index (κ1) is 15.4. The first-order valence-corrected chi connectivity index (χ1v) is 8.89. The summed E-state index contributed by atoms with van der Waals surface area (Å²) in [7, 11) is -3.18. The molecule has 3 rings (SSSR count). The number of hydrogen-bond acceptors (Lipinski definition) is 3. The molecule has 120 valence electrons. The summed E-state index contributed by atoms with van der Waals surface area (Å²) in [5.41, 5.74) is 1.92. The maximum Gasteiger partial charge on any atom is 0.323 e. The molecular formula is C16H17N3O3S. The van der Waals surface area contributed by atoms with E-state index in [9.17, 15) is 13.2 Å². The number of carbonyl (C=O) groups excluding carboxylic acids is 1. The lowest BCUT2D eigenvalue weighted by molar-refractivity contribution is 0.262. The summed E-state index contributed by atoms with van der Waals surface area (Å²) >= 11 is 0. The molecule has 2 N–H and O–H groups in total. The Balaban J connectivity index is 1.65. The Morgan fingerprint density at radius 2 is 1.52 bits per heavy atom. The van der Waals surface area contributed by atoms with Gasteiger partial charge in [-0.1, -0.05) is 18.2 Å². The molecule has 0 saturated carbocycles. The maximum absolute atomic E-state index is 11.9. The number of amides is 2. The molecule has 23 heavy (non-hydrogen) atoms. The van der Waals surface area contributed by atoms with Crippen molar-refractivity contribution in [2.75, 3.05) is 27.2 Å². The van der Waals surface area contributed by atoms with Gasteiger partial charge in [0.25, 0.3) is 0 Å². The zero-order valence-corrected chi connectivity index (χ0v) is 13.2. The zero-order chi connectivity index (χ0) is 16.3. The molecule has 6 nitrogen and oxygen atoms in total.